The second-order valence-corrected chi connectivity index (χ2v) is 6.40. The molecular formula is C14H19NO3S. The Kier molecular flexibility index (Phi) is 3.94. The summed E-state index contributed by atoms with van der Waals surface area (Å²) in [5.41, 5.74) is 1.63. The van der Waals surface area contributed by atoms with Crippen molar-refractivity contribution in [1.82, 2.24) is 4.90 Å². The number of carboxylic acid groups (broad SMARTS) is 1. The first kappa shape index (κ1) is 14.1. The van der Waals surface area contributed by atoms with Gasteiger partial charge in [0.1, 0.15) is 6.04 Å². The molecule has 0 bridgehead atoms. The number of carboxylic acids is 1. The number of rotatable bonds is 2. The minimum Gasteiger partial charge on any atom is -0.480 e. The molecule has 4 nitrogen and oxygen atoms in total. The largest absolute Gasteiger partial charge is 0.480 e. The normalized spacial score (nSPS) is 23.4. The van der Waals surface area contributed by atoms with Crippen molar-refractivity contribution in [3.05, 3.63) is 21.4 Å². The molecule has 1 fully saturated rings. The van der Waals surface area contributed by atoms with E-state index in [-0.39, 0.29) is 5.91 Å². The smallest absolute Gasteiger partial charge is 0.326 e. The first-order chi connectivity index (χ1) is 8.91. The van der Waals surface area contributed by atoms with Crippen LogP contribution in [-0.2, 0) is 4.79 Å². The Labute approximate surface area is 117 Å². The van der Waals surface area contributed by atoms with Gasteiger partial charge in [-0.3, -0.25) is 4.79 Å². The molecule has 0 aromatic carbocycles. The van der Waals surface area contributed by atoms with Crippen molar-refractivity contribution < 1.29 is 14.7 Å². The Morgan fingerprint density at radius 3 is 2.63 bits per heavy atom. The van der Waals surface area contributed by atoms with Gasteiger partial charge in [-0.15, -0.1) is 11.3 Å². The average Bonchev–Trinajstić information content (AvgIpc) is 2.69. The van der Waals surface area contributed by atoms with Crippen LogP contribution in [-0.4, -0.2) is 34.5 Å². The van der Waals surface area contributed by atoms with E-state index in [4.69, 9.17) is 0 Å². The zero-order valence-corrected chi connectivity index (χ0v) is 12.3. The third-order valence-electron chi connectivity index (χ3n) is 3.93. The van der Waals surface area contributed by atoms with Gasteiger partial charge in [0.15, 0.2) is 0 Å². The molecule has 1 N–H and O–H groups in total. The van der Waals surface area contributed by atoms with Crippen LogP contribution < -0.4 is 0 Å². The first-order valence-corrected chi connectivity index (χ1v) is 7.38. The number of hydrogen-bond acceptors (Lipinski definition) is 3. The molecule has 2 rings (SSSR count). The highest BCUT2D eigenvalue weighted by atomic mass is 32.1. The molecule has 2 unspecified atom stereocenters. The summed E-state index contributed by atoms with van der Waals surface area (Å²) in [5, 5.41) is 11.1. The van der Waals surface area contributed by atoms with E-state index in [0.717, 1.165) is 16.9 Å². The van der Waals surface area contributed by atoms with Crippen molar-refractivity contribution in [1.29, 1.82) is 0 Å². The molecule has 19 heavy (non-hydrogen) atoms. The fourth-order valence-electron chi connectivity index (χ4n) is 2.50. The molecule has 2 heterocycles. The number of likely N-dealkylation sites (tertiary alicyclic amines) is 1. The summed E-state index contributed by atoms with van der Waals surface area (Å²) in [6.07, 6.45) is 1.42. The highest BCUT2D eigenvalue weighted by Gasteiger charge is 2.35. The third-order valence-corrected chi connectivity index (χ3v) is 4.94. The number of thiophene rings is 1. The van der Waals surface area contributed by atoms with E-state index in [1.165, 1.54) is 16.2 Å². The van der Waals surface area contributed by atoms with Crippen molar-refractivity contribution in [2.24, 2.45) is 5.92 Å². The lowest BCUT2D eigenvalue weighted by Gasteiger charge is -2.36. The Bertz CT molecular complexity index is 509. The number of piperidine rings is 1. The SMILES string of the molecule is Cc1scc(C(=O)N2CCC(C)CC2C(=O)O)c1C. The molecule has 0 spiro atoms. The van der Waals surface area contributed by atoms with Crippen molar-refractivity contribution >= 4 is 23.2 Å². The zero-order chi connectivity index (χ0) is 14.2. The van der Waals surface area contributed by atoms with Gasteiger partial charge >= 0.3 is 5.97 Å². The van der Waals surface area contributed by atoms with Crippen molar-refractivity contribution in [3.63, 3.8) is 0 Å². The van der Waals surface area contributed by atoms with Gasteiger partial charge in [-0.25, -0.2) is 4.79 Å². The molecule has 0 radical (unpaired) electrons. The van der Waals surface area contributed by atoms with Gasteiger partial charge in [-0.1, -0.05) is 6.92 Å². The van der Waals surface area contributed by atoms with Crippen molar-refractivity contribution in [3.8, 4) is 0 Å². The minimum absolute atomic E-state index is 0.138. The van der Waals surface area contributed by atoms with E-state index in [0.29, 0.717) is 24.4 Å². The lowest BCUT2D eigenvalue weighted by atomic mass is 9.92. The number of amides is 1. The molecule has 1 aromatic rings. The number of aryl methyl sites for hydroxylation is 1. The van der Waals surface area contributed by atoms with Crippen molar-refractivity contribution in [2.75, 3.05) is 6.54 Å². The van der Waals surface area contributed by atoms with Gasteiger partial charge in [-0.05, 0) is 38.2 Å². The van der Waals surface area contributed by atoms with Gasteiger partial charge in [0, 0.05) is 16.8 Å². The van der Waals surface area contributed by atoms with Gasteiger partial charge in [0.25, 0.3) is 5.91 Å². The molecule has 104 valence electrons. The van der Waals surface area contributed by atoms with Crippen LogP contribution in [0, 0.1) is 19.8 Å². The van der Waals surface area contributed by atoms with E-state index in [1.807, 2.05) is 26.2 Å². The molecule has 2 atom stereocenters. The number of nitrogens with zero attached hydrogens (tertiary/aromatic N) is 1. The fraction of sp³-hybridized carbons (Fsp3) is 0.571. The molecule has 5 heteroatoms. The zero-order valence-electron chi connectivity index (χ0n) is 11.5. The second-order valence-electron chi connectivity index (χ2n) is 5.31. The van der Waals surface area contributed by atoms with E-state index in [9.17, 15) is 14.7 Å². The molecule has 0 saturated carbocycles. The number of carbonyl (C=O) groups is 2. The van der Waals surface area contributed by atoms with Gasteiger partial charge < -0.3 is 10.0 Å². The lowest BCUT2D eigenvalue weighted by Crippen LogP contribution is -2.49. The minimum atomic E-state index is -0.899. The average molecular weight is 281 g/mol. The van der Waals surface area contributed by atoms with Crippen LogP contribution in [0.15, 0.2) is 5.38 Å². The quantitative estimate of drug-likeness (QED) is 0.906. The first-order valence-electron chi connectivity index (χ1n) is 6.50. The molecule has 1 aliphatic rings. The third kappa shape index (κ3) is 2.66. The Hall–Kier alpha value is -1.36. The van der Waals surface area contributed by atoms with Crippen LogP contribution in [0.3, 0.4) is 0 Å². The standard InChI is InChI=1S/C14H19NO3S/c1-8-4-5-15(12(6-8)14(17)18)13(16)11-7-19-10(3)9(11)2/h7-8,12H,4-6H2,1-3H3,(H,17,18). The van der Waals surface area contributed by atoms with Crippen LogP contribution >= 0.6 is 11.3 Å². The molecule has 0 aliphatic carbocycles. The monoisotopic (exact) mass is 281 g/mol. The van der Waals surface area contributed by atoms with Crippen LogP contribution in [0.1, 0.15) is 40.6 Å². The molecule has 1 saturated heterocycles. The highest BCUT2D eigenvalue weighted by Crippen LogP contribution is 2.27. The number of aliphatic carboxylic acids is 1. The summed E-state index contributed by atoms with van der Waals surface area (Å²) in [6, 6.07) is -0.684. The van der Waals surface area contributed by atoms with Gasteiger partial charge in [0.2, 0.25) is 0 Å². The predicted molar refractivity (Wildman–Crippen MR) is 74.7 cm³/mol. The second kappa shape index (κ2) is 5.33. The highest BCUT2D eigenvalue weighted by molar-refractivity contribution is 7.10. The molecule has 1 amide bonds. The summed E-state index contributed by atoms with van der Waals surface area (Å²) in [7, 11) is 0. The van der Waals surface area contributed by atoms with Crippen LogP contribution in [0.4, 0.5) is 0 Å². The van der Waals surface area contributed by atoms with Gasteiger partial charge in [-0.2, -0.15) is 0 Å². The van der Waals surface area contributed by atoms with E-state index >= 15 is 0 Å². The summed E-state index contributed by atoms with van der Waals surface area (Å²) < 4.78 is 0. The van der Waals surface area contributed by atoms with Crippen LogP contribution in [0.2, 0.25) is 0 Å². The summed E-state index contributed by atoms with van der Waals surface area (Å²) >= 11 is 1.54. The topological polar surface area (TPSA) is 57.6 Å². The number of hydrogen-bond donors (Lipinski definition) is 1. The van der Waals surface area contributed by atoms with E-state index in [2.05, 4.69) is 0 Å². The lowest BCUT2D eigenvalue weighted by molar-refractivity contribution is -0.144. The van der Waals surface area contributed by atoms with Crippen LogP contribution in [0.25, 0.3) is 0 Å². The maximum Gasteiger partial charge on any atom is 0.326 e. The Balaban J connectivity index is 2.26. The predicted octanol–water partition coefficient (Wildman–Crippen LogP) is 2.69. The van der Waals surface area contributed by atoms with E-state index < -0.39 is 12.0 Å². The Morgan fingerprint density at radius 2 is 2.11 bits per heavy atom. The van der Waals surface area contributed by atoms with Gasteiger partial charge in [0.05, 0.1) is 5.56 Å². The number of carbonyl (C=O) groups excluding carboxylic acids is 1. The summed E-state index contributed by atoms with van der Waals surface area (Å²) in [5.74, 6) is -0.680. The Morgan fingerprint density at radius 1 is 1.42 bits per heavy atom. The summed E-state index contributed by atoms with van der Waals surface area (Å²) in [6.45, 7) is 6.47. The van der Waals surface area contributed by atoms with Crippen LogP contribution in [0.5, 0.6) is 0 Å². The van der Waals surface area contributed by atoms with Crippen molar-refractivity contribution in [2.45, 2.75) is 39.7 Å². The fourth-order valence-corrected chi connectivity index (χ4v) is 3.36. The molecule has 1 aromatic heterocycles. The maximum absolute atomic E-state index is 12.5. The van der Waals surface area contributed by atoms with E-state index in [1.54, 1.807) is 0 Å². The summed E-state index contributed by atoms with van der Waals surface area (Å²) in [4.78, 5) is 26.5. The molecular weight excluding hydrogens is 262 g/mol. The molecule has 1 aliphatic heterocycles. The maximum atomic E-state index is 12.5.